The Morgan fingerprint density at radius 3 is 2.36 bits per heavy atom. The molecule has 0 aromatic carbocycles. The van der Waals surface area contributed by atoms with E-state index < -0.39 is 0 Å². The number of rotatable bonds is 7. The van der Waals surface area contributed by atoms with E-state index >= 15 is 0 Å². The summed E-state index contributed by atoms with van der Waals surface area (Å²) in [6, 6.07) is 0. The maximum absolute atomic E-state index is 12.8. The van der Waals surface area contributed by atoms with Crippen molar-refractivity contribution in [1.29, 1.82) is 0 Å². The Morgan fingerprint density at radius 1 is 0.970 bits per heavy atom. The lowest BCUT2D eigenvalue weighted by Gasteiger charge is -2.56. The van der Waals surface area contributed by atoms with E-state index in [9.17, 15) is 4.79 Å². The zero-order chi connectivity index (χ0) is 24.4. The van der Waals surface area contributed by atoms with Crippen molar-refractivity contribution >= 4 is 5.91 Å². The van der Waals surface area contributed by atoms with Gasteiger partial charge in [-0.1, -0.05) is 80.6 Å². The Labute approximate surface area is 207 Å². The van der Waals surface area contributed by atoms with Crippen LogP contribution in [0.1, 0.15) is 126 Å². The highest BCUT2D eigenvalue weighted by Gasteiger charge is 2.58. The highest BCUT2D eigenvalue weighted by atomic mass is 16.2. The summed E-state index contributed by atoms with van der Waals surface area (Å²) in [7, 11) is 2.05. The van der Waals surface area contributed by atoms with Crippen molar-refractivity contribution in [2.24, 2.45) is 52.3 Å². The van der Waals surface area contributed by atoms with Gasteiger partial charge in [0.25, 0.3) is 0 Å². The summed E-state index contributed by atoms with van der Waals surface area (Å²) in [5.74, 6) is 6.32. The van der Waals surface area contributed by atoms with E-state index in [2.05, 4.69) is 53.4 Å². The van der Waals surface area contributed by atoms with Gasteiger partial charge in [-0.25, -0.2) is 0 Å². The summed E-state index contributed by atoms with van der Waals surface area (Å²) in [6.45, 7) is 18.4. The maximum Gasteiger partial charge on any atom is 0.222 e. The van der Waals surface area contributed by atoms with Crippen LogP contribution in [-0.2, 0) is 4.79 Å². The molecule has 3 fully saturated rings. The summed E-state index contributed by atoms with van der Waals surface area (Å²) in [5.41, 5.74) is 0.805. The Morgan fingerprint density at radius 2 is 1.70 bits per heavy atom. The molecule has 7 atom stereocenters. The van der Waals surface area contributed by atoms with Crippen molar-refractivity contribution in [3.63, 3.8) is 0 Å². The molecule has 0 aromatic rings. The second-order valence-electron chi connectivity index (χ2n) is 14.0. The minimum atomic E-state index is 0.271. The monoisotopic (exact) mass is 459 g/mol. The van der Waals surface area contributed by atoms with Crippen LogP contribution in [0.4, 0.5) is 0 Å². The van der Waals surface area contributed by atoms with Crippen molar-refractivity contribution < 1.29 is 4.79 Å². The van der Waals surface area contributed by atoms with Gasteiger partial charge in [-0.05, 0) is 90.8 Å². The first-order chi connectivity index (χ1) is 15.5. The van der Waals surface area contributed by atoms with Gasteiger partial charge in [0.2, 0.25) is 5.91 Å². The summed E-state index contributed by atoms with van der Waals surface area (Å²) in [4.78, 5) is 14.8. The molecule has 0 spiro atoms. The standard InChI is InChI=1S/C31H57NO/c1-9-11-24-18-21-32(8)28(33)17-19-30(5,6)26-16-20-31(7)25(14-15-27(31)29(24)26)23(4)13-10-12-22(2)3/h22-27,29H,9-21H2,1-8H3/t23?,24?,25?,26?,27?,29?,31-/m1/s1. The Hall–Kier alpha value is -0.530. The molecular weight excluding hydrogens is 402 g/mol. The lowest BCUT2D eigenvalue weighted by molar-refractivity contribution is -0.133. The van der Waals surface area contributed by atoms with E-state index in [1.54, 1.807) is 0 Å². The van der Waals surface area contributed by atoms with E-state index in [1.807, 2.05) is 7.05 Å². The molecule has 1 saturated heterocycles. The number of fused-ring (bicyclic) bond motifs is 3. The normalized spacial score (nSPS) is 38.2. The number of hydrogen-bond acceptors (Lipinski definition) is 1. The lowest BCUT2D eigenvalue weighted by atomic mass is 9.49. The van der Waals surface area contributed by atoms with E-state index in [1.165, 1.54) is 64.2 Å². The third-order valence-corrected chi connectivity index (χ3v) is 11.0. The van der Waals surface area contributed by atoms with Gasteiger partial charge >= 0.3 is 0 Å². The van der Waals surface area contributed by atoms with Crippen LogP contribution >= 0.6 is 0 Å². The second-order valence-corrected chi connectivity index (χ2v) is 14.0. The number of nitrogens with zero attached hydrogens (tertiary/aromatic N) is 1. The third-order valence-electron chi connectivity index (χ3n) is 11.0. The zero-order valence-corrected chi connectivity index (χ0v) is 23.6. The second kappa shape index (κ2) is 11.0. The van der Waals surface area contributed by atoms with Gasteiger partial charge in [0.1, 0.15) is 0 Å². The van der Waals surface area contributed by atoms with Gasteiger partial charge < -0.3 is 4.90 Å². The van der Waals surface area contributed by atoms with Crippen LogP contribution < -0.4 is 0 Å². The Balaban J connectivity index is 1.87. The summed E-state index contributed by atoms with van der Waals surface area (Å²) >= 11 is 0. The molecule has 33 heavy (non-hydrogen) atoms. The molecule has 6 unspecified atom stereocenters. The fourth-order valence-electron chi connectivity index (χ4n) is 8.98. The molecule has 0 N–H and O–H groups in total. The quantitative estimate of drug-likeness (QED) is 0.373. The van der Waals surface area contributed by atoms with Gasteiger partial charge in [0.05, 0.1) is 0 Å². The number of hydrogen-bond donors (Lipinski definition) is 0. The van der Waals surface area contributed by atoms with Crippen molar-refractivity contribution in [1.82, 2.24) is 4.90 Å². The average Bonchev–Trinajstić information content (AvgIpc) is 3.10. The summed E-state index contributed by atoms with van der Waals surface area (Å²) in [6.07, 6.45) is 15.6. The van der Waals surface area contributed by atoms with Crippen molar-refractivity contribution in [2.45, 2.75) is 126 Å². The van der Waals surface area contributed by atoms with Crippen LogP contribution in [0.5, 0.6) is 0 Å². The predicted molar refractivity (Wildman–Crippen MR) is 142 cm³/mol. The smallest absolute Gasteiger partial charge is 0.222 e. The van der Waals surface area contributed by atoms with Crippen LogP contribution in [0, 0.1) is 52.3 Å². The number of carbonyl (C=O) groups excluding carboxylic acids is 1. The topological polar surface area (TPSA) is 20.3 Å². The SMILES string of the molecule is CCCC1CCN(C)C(=O)CCC(C)(C)C2CC[C@]3(C)C(C(C)CCCC(C)C)CCC3C12. The van der Waals surface area contributed by atoms with E-state index in [-0.39, 0.29) is 5.41 Å². The largest absolute Gasteiger partial charge is 0.346 e. The fourth-order valence-corrected chi connectivity index (χ4v) is 8.98. The molecule has 1 aliphatic heterocycles. The molecule has 3 aliphatic rings. The number of amides is 1. The van der Waals surface area contributed by atoms with Crippen molar-refractivity contribution in [3.05, 3.63) is 0 Å². The highest BCUT2D eigenvalue weighted by Crippen LogP contribution is 2.65. The molecule has 0 aromatic heterocycles. The minimum Gasteiger partial charge on any atom is -0.346 e. The van der Waals surface area contributed by atoms with Gasteiger partial charge in [-0.3, -0.25) is 4.79 Å². The molecule has 2 nitrogen and oxygen atoms in total. The van der Waals surface area contributed by atoms with E-state index in [0.717, 1.165) is 60.8 Å². The van der Waals surface area contributed by atoms with Crippen LogP contribution in [0.2, 0.25) is 0 Å². The minimum absolute atomic E-state index is 0.271. The molecule has 1 heterocycles. The first-order valence-corrected chi connectivity index (χ1v) is 14.7. The molecule has 1 amide bonds. The van der Waals surface area contributed by atoms with E-state index in [4.69, 9.17) is 0 Å². The fraction of sp³-hybridized carbons (Fsp3) is 0.968. The molecule has 2 heteroatoms. The first-order valence-electron chi connectivity index (χ1n) is 14.7. The maximum atomic E-state index is 12.8. The predicted octanol–water partition coefficient (Wildman–Crippen LogP) is 8.59. The zero-order valence-electron chi connectivity index (χ0n) is 23.6. The Kier molecular flexibility index (Phi) is 9.05. The van der Waals surface area contributed by atoms with Crippen LogP contribution in [0.3, 0.4) is 0 Å². The summed E-state index contributed by atoms with van der Waals surface area (Å²) < 4.78 is 0. The van der Waals surface area contributed by atoms with Gasteiger partial charge in [0, 0.05) is 20.0 Å². The van der Waals surface area contributed by atoms with Crippen molar-refractivity contribution in [3.8, 4) is 0 Å². The van der Waals surface area contributed by atoms with Gasteiger partial charge in [0.15, 0.2) is 0 Å². The molecule has 2 saturated carbocycles. The van der Waals surface area contributed by atoms with Crippen LogP contribution in [-0.4, -0.2) is 24.4 Å². The van der Waals surface area contributed by atoms with Gasteiger partial charge in [-0.2, -0.15) is 0 Å². The molecule has 3 rings (SSSR count). The van der Waals surface area contributed by atoms with Gasteiger partial charge in [-0.15, -0.1) is 0 Å². The highest BCUT2D eigenvalue weighted by molar-refractivity contribution is 5.75. The lowest BCUT2D eigenvalue weighted by Crippen LogP contribution is -2.50. The molecule has 0 bridgehead atoms. The first kappa shape index (κ1) is 27.1. The molecule has 0 radical (unpaired) electrons. The van der Waals surface area contributed by atoms with Crippen LogP contribution in [0.15, 0.2) is 0 Å². The third kappa shape index (κ3) is 5.83. The summed E-state index contributed by atoms with van der Waals surface area (Å²) in [5, 5.41) is 0. The van der Waals surface area contributed by atoms with Crippen LogP contribution in [0.25, 0.3) is 0 Å². The van der Waals surface area contributed by atoms with E-state index in [0.29, 0.717) is 11.3 Å². The molecular formula is C31H57NO. The molecule has 2 aliphatic carbocycles. The Bertz CT molecular complexity index is 639. The average molecular weight is 460 g/mol. The van der Waals surface area contributed by atoms with Crippen molar-refractivity contribution in [2.75, 3.05) is 13.6 Å². The molecule has 192 valence electrons. The number of carbonyl (C=O) groups is 1.